The van der Waals surface area contributed by atoms with E-state index in [0.717, 1.165) is 17.5 Å². The molecule has 5 heteroatoms. The van der Waals surface area contributed by atoms with Crippen LogP contribution in [0.15, 0.2) is 24.3 Å². The number of morpholine rings is 1. The Kier molecular flexibility index (Phi) is 5.33. The zero-order chi connectivity index (χ0) is 15.2. The molecular weight excluding hydrogens is 270 g/mol. The van der Waals surface area contributed by atoms with E-state index in [4.69, 9.17) is 9.84 Å². The molecule has 2 rings (SSSR count). The van der Waals surface area contributed by atoms with E-state index in [1.807, 2.05) is 24.3 Å². The zero-order valence-corrected chi connectivity index (χ0v) is 12.2. The van der Waals surface area contributed by atoms with Gasteiger partial charge in [0.1, 0.15) is 0 Å². The van der Waals surface area contributed by atoms with Crippen LogP contribution in [0.2, 0.25) is 0 Å². The van der Waals surface area contributed by atoms with Crippen LogP contribution in [-0.4, -0.2) is 47.7 Å². The molecular formula is C16H21NO4. The van der Waals surface area contributed by atoms with Gasteiger partial charge in [0, 0.05) is 6.54 Å². The standard InChI is InChI=1S/C16H21NO4/c1-2-12-5-3-4-6-13(12)9-15(18)17-7-8-21-11-14(17)10-16(19)20/h3-6,14H,2,7-11H2,1H3,(H,19,20). The Balaban J connectivity index is 2.08. The smallest absolute Gasteiger partial charge is 0.305 e. The van der Waals surface area contributed by atoms with E-state index in [1.54, 1.807) is 4.90 Å². The van der Waals surface area contributed by atoms with Crippen molar-refractivity contribution in [3.05, 3.63) is 35.4 Å². The van der Waals surface area contributed by atoms with Gasteiger partial charge in [-0.1, -0.05) is 31.2 Å². The first-order chi connectivity index (χ1) is 10.1. The minimum Gasteiger partial charge on any atom is -0.481 e. The Bertz CT molecular complexity index is 515. The summed E-state index contributed by atoms with van der Waals surface area (Å²) in [5, 5.41) is 8.94. The second kappa shape index (κ2) is 7.22. The van der Waals surface area contributed by atoms with Crippen molar-refractivity contribution in [3.63, 3.8) is 0 Å². The molecule has 1 amide bonds. The van der Waals surface area contributed by atoms with Gasteiger partial charge in [-0.05, 0) is 17.5 Å². The first-order valence-electron chi connectivity index (χ1n) is 7.27. The molecule has 1 fully saturated rings. The lowest BCUT2D eigenvalue weighted by Gasteiger charge is -2.35. The molecule has 0 radical (unpaired) electrons. The highest BCUT2D eigenvalue weighted by Gasteiger charge is 2.29. The molecule has 5 nitrogen and oxygen atoms in total. The number of nitrogens with zero attached hydrogens (tertiary/aromatic N) is 1. The minimum absolute atomic E-state index is 0.0227. The van der Waals surface area contributed by atoms with Gasteiger partial charge in [0.2, 0.25) is 5.91 Å². The van der Waals surface area contributed by atoms with E-state index in [2.05, 4.69) is 6.92 Å². The number of carbonyl (C=O) groups excluding carboxylic acids is 1. The number of carboxylic acids is 1. The maximum atomic E-state index is 12.5. The molecule has 0 bridgehead atoms. The van der Waals surface area contributed by atoms with E-state index in [0.29, 0.717) is 26.2 Å². The van der Waals surface area contributed by atoms with Crippen LogP contribution in [0.4, 0.5) is 0 Å². The molecule has 1 aromatic carbocycles. The summed E-state index contributed by atoms with van der Waals surface area (Å²) in [4.78, 5) is 25.1. The maximum absolute atomic E-state index is 12.5. The number of carboxylic acid groups (broad SMARTS) is 1. The van der Waals surface area contributed by atoms with Crippen LogP contribution in [-0.2, 0) is 27.2 Å². The quantitative estimate of drug-likeness (QED) is 0.892. The fourth-order valence-electron chi connectivity index (χ4n) is 2.69. The second-order valence-corrected chi connectivity index (χ2v) is 5.21. The van der Waals surface area contributed by atoms with E-state index in [1.165, 1.54) is 0 Å². The number of carbonyl (C=O) groups is 2. The molecule has 1 aliphatic rings. The fourth-order valence-corrected chi connectivity index (χ4v) is 2.69. The monoisotopic (exact) mass is 291 g/mol. The van der Waals surface area contributed by atoms with Crippen molar-refractivity contribution >= 4 is 11.9 Å². The lowest BCUT2D eigenvalue weighted by atomic mass is 10.0. The Morgan fingerprint density at radius 1 is 1.33 bits per heavy atom. The predicted octanol–water partition coefficient (Wildman–Crippen LogP) is 1.49. The highest BCUT2D eigenvalue weighted by atomic mass is 16.5. The summed E-state index contributed by atoms with van der Waals surface area (Å²) < 4.78 is 5.30. The Labute approximate surface area is 124 Å². The normalized spacial score (nSPS) is 18.5. The number of aryl methyl sites for hydroxylation is 1. The van der Waals surface area contributed by atoms with Crippen molar-refractivity contribution in [2.75, 3.05) is 19.8 Å². The molecule has 1 atom stereocenters. The lowest BCUT2D eigenvalue weighted by molar-refractivity contribution is -0.145. The Hall–Kier alpha value is -1.88. The summed E-state index contributed by atoms with van der Waals surface area (Å²) >= 11 is 0. The SMILES string of the molecule is CCc1ccccc1CC(=O)N1CCOCC1CC(=O)O. The third-order valence-electron chi connectivity index (χ3n) is 3.80. The van der Waals surface area contributed by atoms with Gasteiger partial charge in [-0.3, -0.25) is 9.59 Å². The van der Waals surface area contributed by atoms with Gasteiger partial charge in [0.05, 0.1) is 32.1 Å². The summed E-state index contributed by atoms with van der Waals surface area (Å²) in [6.45, 7) is 3.29. The van der Waals surface area contributed by atoms with Crippen molar-refractivity contribution < 1.29 is 19.4 Å². The van der Waals surface area contributed by atoms with E-state index in [9.17, 15) is 9.59 Å². The number of benzene rings is 1. The largest absolute Gasteiger partial charge is 0.481 e. The Morgan fingerprint density at radius 3 is 2.71 bits per heavy atom. The number of aliphatic carboxylic acids is 1. The summed E-state index contributed by atoms with van der Waals surface area (Å²) in [7, 11) is 0. The molecule has 114 valence electrons. The van der Waals surface area contributed by atoms with Crippen LogP contribution < -0.4 is 0 Å². The van der Waals surface area contributed by atoms with Gasteiger partial charge in [0.25, 0.3) is 0 Å². The van der Waals surface area contributed by atoms with Gasteiger partial charge < -0.3 is 14.7 Å². The van der Waals surface area contributed by atoms with E-state index >= 15 is 0 Å². The third kappa shape index (κ3) is 4.04. The number of hydrogen-bond acceptors (Lipinski definition) is 3. The number of hydrogen-bond donors (Lipinski definition) is 1. The molecule has 1 aliphatic heterocycles. The molecule has 1 N–H and O–H groups in total. The first-order valence-corrected chi connectivity index (χ1v) is 7.27. The van der Waals surface area contributed by atoms with Gasteiger partial charge in [-0.15, -0.1) is 0 Å². The van der Waals surface area contributed by atoms with Gasteiger partial charge in [0.15, 0.2) is 0 Å². The van der Waals surface area contributed by atoms with Crippen LogP contribution in [0, 0.1) is 0 Å². The molecule has 21 heavy (non-hydrogen) atoms. The minimum atomic E-state index is -0.905. The van der Waals surface area contributed by atoms with Crippen molar-refractivity contribution in [2.24, 2.45) is 0 Å². The highest BCUT2D eigenvalue weighted by Crippen LogP contribution is 2.16. The van der Waals surface area contributed by atoms with Crippen LogP contribution in [0.5, 0.6) is 0 Å². The van der Waals surface area contributed by atoms with E-state index in [-0.39, 0.29) is 18.4 Å². The predicted molar refractivity (Wildman–Crippen MR) is 78.1 cm³/mol. The summed E-state index contributed by atoms with van der Waals surface area (Å²) in [6.07, 6.45) is 1.13. The molecule has 0 saturated carbocycles. The molecule has 1 saturated heterocycles. The number of amides is 1. The highest BCUT2D eigenvalue weighted by molar-refractivity contribution is 5.80. The molecule has 1 heterocycles. The average Bonchev–Trinajstić information content (AvgIpc) is 2.47. The zero-order valence-electron chi connectivity index (χ0n) is 12.2. The Morgan fingerprint density at radius 2 is 2.05 bits per heavy atom. The van der Waals surface area contributed by atoms with Crippen LogP contribution in [0.25, 0.3) is 0 Å². The van der Waals surface area contributed by atoms with Crippen LogP contribution in [0.1, 0.15) is 24.5 Å². The molecule has 0 aromatic heterocycles. The van der Waals surface area contributed by atoms with Crippen molar-refractivity contribution in [2.45, 2.75) is 32.2 Å². The van der Waals surface area contributed by atoms with Crippen molar-refractivity contribution in [1.82, 2.24) is 4.90 Å². The number of rotatable bonds is 5. The van der Waals surface area contributed by atoms with Gasteiger partial charge in [-0.2, -0.15) is 0 Å². The topological polar surface area (TPSA) is 66.8 Å². The van der Waals surface area contributed by atoms with Gasteiger partial charge in [-0.25, -0.2) is 0 Å². The molecule has 1 aromatic rings. The average molecular weight is 291 g/mol. The third-order valence-corrected chi connectivity index (χ3v) is 3.80. The maximum Gasteiger partial charge on any atom is 0.305 e. The fraction of sp³-hybridized carbons (Fsp3) is 0.500. The molecule has 0 aliphatic carbocycles. The lowest BCUT2D eigenvalue weighted by Crippen LogP contribution is -2.50. The second-order valence-electron chi connectivity index (χ2n) is 5.21. The van der Waals surface area contributed by atoms with Gasteiger partial charge >= 0.3 is 5.97 Å². The van der Waals surface area contributed by atoms with Crippen molar-refractivity contribution in [3.8, 4) is 0 Å². The van der Waals surface area contributed by atoms with Crippen molar-refractivity contribution in [1.29, 1.82) is 0 Å². The summed E-state index contributed by atoms with van der Waals surface area (Å²) in [5.74, 6) is -0.928. The molecule has 0 spiro atoms. The molecule has 1 unspecified atom stereocenters. The van der Waals surface area contributed by atoms with Crippen LogP contribution in [0.3, 0.4) is 0 Å². The van der Waals surface area contributed by atoms with Crippen LogP contribution >= 0.6 is 0 Å². The van der Waals surface area contributed by atoms with E-state index < -0.39 is 5.97 Å². The summed E-state index contributed by atoms with van der Waals surface area (Å²) in [5.41, 5.74) is 2.18. The number of ether oxygens (including phenoxy) is 1. The summed E-state index contributed by atoms with van der Waals surface area (Å²) in [6, 6.07) is 7.52. The first kappa shape index (κ1) is 15.5.